The van der Waals surface area contributed by atoms with Crippen molar-refractivity contribution in [3.8, 4) is 5.75 Å². The lowest BCUT2D eigenvalue weighted by molar-refractivity contribution is -0.396. The molecule has 0 aromatic heterocycles. The molecule has 0 amide bonds. The van der Waals surface area contributed by atoms with Crippen LogP contribution in [0.25, 0.3) is 0 Å². The van der Waals surface area contributed by atoms with Crippen LogP contribution >= 0.6 is 0 Å². The van der Waals surface area contributed by atoms with Gasteiger partial charge < -0.3 is 9.84 Å². The van der Waals surface area contributed by atoms with Crippen molar-refractivity contribution in [2.24, 2.45) is 0 Å². The Labute approximate surface area is 108 Å². The maximum Gasteiger partial charge on any atom is 0.321 e. The molecule has 0 aliphatic heterocycles. The van der Waals surface area contributed by atoms with Crippen molar-refractivity contribution in [1.82, 2.24) is 0 Å². The summed E-state index contributed by atoms with van der Waals surface area (Å²) in [5, 5.41) is 30.7. The molecule has 104 valence electrons. The maximum absolute atomic E-state index is 11.1. The molecule has 0 unspecified atom stereocenters. The van der Waals surface area contributed by atoms with Gasteiger partial charge in [0.15, 0.2) is 0 Å². The number of aliphatic hydroxyl groups is 1. The first-order valence-electron chi connectivity index (χ1n) is 5.56. The van der Waals surface area contributed by atoms with E-state index < -0.39 is 21.2 Å². The second kappa shape index (κ2) is 6.10. The van der Waals surface area contributed by atoms with Crippen LogP contribution in [0, 0.1) is 34.1 Å². The van der Waals surface area contributed by atoms with E-state index in [1.54, 1.807) is 6.92 Å². The molecule has 1 N–H and O–H groups in total. The van der Waals surface area contributed by atoms with Crippen LogP contribution in [0.4, 0.5) is 11.4 Å². The van der Waals surface area contributed by atoms with Crippen molar-refractivity contribution in [1.29, 1.82) is 0 Å². The SMILES string of the molecule is Cc1cc([N+](=O)[O-])c(OCCCO)c([N+](=O)[O-])c1C. The fraction of sp³-hybridized carbons (Fsp3) is 0.455. The maximum atomic E-state index is 11.1. The smallest absolute Gasteiger partial charge is 0.321 e. The van der Waals surface area contributed by atoms with E-state index >= 15 is 0 Å². The molecule has 8 heteroatoms. The third-order valence-electron chi connectivity index (χ3n) is 2.68. The molecule has 1 rings (SSSR count). The zero-order chi connectivity index (χ0) is 14.6. The van der Waals surface area contributed by atoms with E-state index in [2.05, 4.69) is 0 Å². The summed E-state index contributed by atoms with van der Waals surface area (Å²) < 4.78 is 5.12. The summed E-state index contributed by atoms with van der Waals surface area (Å²) in [6, 6.07) is 1.25. The molecule has 0 atom stereocenters. The third-order valence-corrected chi connectivity index (χ3v) is 2.68. The zero-order valence-corrected chi connectivity index (χ0v) is 10.6. The monoisotopic (exact) mass is 270 g/mol. The fourth-order valence-corrected chi connectivity index (χ4v) is 1.59. The number of nitro benzene ring substituents is 2. The third kappa shape index (κ3) is 3.16. The van der Waals surface area contributed by atoms with E-state index in [-0.39, 0.29) is 25.4 Å². The van der Waals surface area contributed by atoms with Crippen LogP contribution in [0.2, 0.25) is 0 Å². The summed E-state index contributed by atoms with van der Waals surface area (Å²) in [5.41, 5.74) is -0.0557. The number of aliphatic hydroxyl groups excluding tert-OH is 1. The number of ether oxygens (including phenoxy) is 1. The second-order valence-corrected chi connectivity index (χ2v) is 3.96. The molecule has 0 spiro atoms. The van der Waals surface area contributed by atoms with Gasteiger partial charge in [0.25, 0.3) is 5.75 Å². The van der Waals surface area contributed by atoms with E-state index in [0.717, 1.165) is 0 Å². The molecule has 0 saturated carbocycles. The van der Waals surface area contributed by atoms with Crippen molar-refractivity contribution in [2.45, 2.75) is 20.3 Å². The summed E-state index contributed by atoms with van der Waals surface area (Å²) in [5.74, 6) is -0.355. The molecule has 0 fully saturated rings. The Bertz CT molecular complexity index is 514. The number of hydrogen-bond donors (Lipinski definition) is 1. The van der Waals surface area contributed by atoms with Gasteiger partial charge in [-0.2, -0.15) is 0 Å². The first kappa shape index (κ1) is 14.8. The van der Waals surface area contributed by atoms with Crippen molar-refractivity contribution in [2.75, 3.05) is 13.2 Å². The molecular weight excluding hydrogens is 256 g/mol. The molecule has 0 aliphatic carbocycles. The molecule has 0 saturated heterocycles. The number of hydrogen-bond acceptors (Lipinski definition) is 6. The number of benzene rings is 1. The Hall–Kier alpha value is -2.22. The fourth-order valence-electron chi connectivity index (χ4n) is 1.59. The summed E-state index contributed by atoms with van der Waals surface area (Å²) in [6.07, 6.45) is 0.237. The van der Waals surface area contributed by atoms with Crippen LogP contribution in [0.1, 0.15) is 17.5 Å². The van der Waals surface area contributed by atoms with E-state index in [0.29, 0.717) is 11.1 Å². The first-order chi connectivity index (χ1) is 8.90. The molecule has 0 heterocycles. The van der Waals surface area contributed by atoms with E-state index in [4.69, 9.17) is 9.84 Å². The van der Waals surface area contributed by atoms with E-state index in [9.17, 15) is 20.2 Å². The lowest BCUT2D eigenvalue weighted by Gasteiger charge is -2.10. The van der Waals surface area contributed by atoms with Crippen LogP contribution in [0.3, 0.4) is 0 Å². The number of nitrogens with zero attached hydrogens (tertiary/aromatic N) is 2. The van der Waals surface area contributed by atoms with Gasteiger partial charge in [-0.1, -0.05) is 0 Å². The van der Waals surface area contributed by atoms with Gasteiger partial charge in [-0.15, -0.1) is 0 Å². The number of aryl methyl sites for hydroxylation is 1. The summed E-state index contributed by atoms with van der Waals surface area (Å²) in [4.78, 5) is 20.6. The van der Waals surface area contributed by atoms with Crippen molar-refractivity contribution in [3.05, 3.63) is 37.4 Å². The highest BCUT2D eigenvalue weighted by molar-refractivity contribution is 5.66. The minimum Gasteiger partial charge on any atom is -0.482 e. The number of nitro groups is 2. The minimum absolute atomic E-state index is 0.0271. The highest BCUT2D eigenvalue weighted by Gasteiger charge is 2.30. The molecule has 8 nitrogen and oxygen atoms in total. The number of rotatable bonds is 6. The van der Waals surface area contributed by atoms with Crippen LogP contribution in [-0.4, -0.2) is 28.2 Å². The normalized spacial score (nSPS) is 10.3. The Morgan fingerprint density at radius 2 is 1.89 bits per heavy atom. The van der Waals surface area contributed by atoms with Gasteiger partial charge in [0.1, 0.15) is 0 Å². The van der Waals surface area contributed by atoms with Crippen LogP contribution in [-0.2, 0) is 0 Å². The van der Waals surface area contributed by atoms with Crippen LogP contribution in [0.15, 0.2) is 6.07 Å². The topological polar surface area (TPSA) is 116 Å². The largest absolute Gasteiger partial charge is 0.482 e. The van der Waals surface area contributed by atoms with Crippen molar-refractivity contribution in [3.63, 3.8) is 0 Å². The van der Waals surface area contributed by atoms with Crippen molar-refractivity contribution < 1.29 is 19.7 Å². The van der Waals surface area contributed by atoms with Gasteiger partial charge >= 0.3 is 11.4 Å². The highest BCUT2D eigenvalue weighted by atomic mass is 16.6. The second-order valence-electron chi connectivity index (χ2n) is 3.96. The zero-order valence-electron chi connectivity index (χ0n) is 10.6. The predicted molar refractivity (Wildman–Crippen MR) is 66.4 cm³/mol. The van der Waals surface area contributed by atoms with Gasteiger partial charge in [0.05, 0.1) is 16.5 Å². The quantitative estimate of drug-likeness (QED) is 0.479. The lowest BCUT2D eigenvalue weighted by atomic mass is 10.1. The summed E-state index contributed by atoms with van der Waals surface area (Å²) >= 11 is 0. The van der Waals surface area contributed by atoms with Crippen LogP contribution in [0.5, 0.6) is 5.75 Å². The molecule has 1 aromatic rings. The molecule has 0 bridgehead atoms. The lowest BCUT2D eigenvalue weighted by Crippen LogP contribution is -2.07. The Morgan fingerprint density at radius 3 is 2.37 bits per heavy atom. The van der Waals surface area contributed by atoms with Gasteiger partial charge in [0.2, 0.25) is 0 Å². The van der Waals surface area contributed by atoms with E-state index in [1.807, 2.05) is 0 Å². The van der Waals surface area contributed by atoms with Gasteiger partial charge in [0, 0.05) is 24.7 Å². The van der Waals surface area contributed by atoms with Gasteiger partial charge in [-0.3, -0.25) is 20.2 Å². The summed E-state index contributed by atoms with van der Waals surface area (Å²) in [7, 11) is 0. The summed E-state index contributed by atoms with van der Waals surface area (Å²) in [6.45, 7) is 2.88. The Kier molecular flexibility index (Phi) is 4.76. The van der Waals surface area contributed by atoms with Gasteiger partial charge in [-0.05, 0) is 19.4 Å². The highest BCUT2D eigenvalue weighted by Crippen LogP contribution is 2.41. The molecule has 19 heavy (non-hydrogen) atoms. The molecular formula is C11H14N2O6. The Balaban J connectivity index is 3.39. The van der Waals surface area contributed by atoms with E-state index in [1.165, 1.54) is 13.0 Å². The van der Waals surface area contributed by atoms with Gasteiger partial charge in [-0.25, -0.2) is 0 Å². The molecule has 0 radical (unpaired) electrons. The minimum atomic E-state index is -0.715. The average molecular weight is 270 g/mol. The Morgan fingerprint density at radius 1 is 1.26 bits per heavy atom. The first-order valence-corrected chi connectivity index (χ1v) is 5.56. The van der Waals surface area contributed by atoms with Crippen molar-refractivity contribution >= 4 is 11.4 Å². The van der Waals surface area contributed by atoms with Crippen LogP contribution < -0.4 is 4.74 Å². The molecule has 0 aliphatic rings. The standard InChI is InChI=1S/C11H14N2O6/c1-7-6-9(12(15)16)11(19-5-3-4-14)10(8(7)2)13(17)18/h6,14H,3-5H2,1-2H3. The predicted octanol–water partition coefficient (Wildman–Crippen LogP) is 1.88. The molecule has 1 aromatic carbocycles. The average Bonchev–Trinajstić information content (AvgIpc) is 2.32.